The number of carboxylic acid groups (broad SMARTS) is 1. The third-order valence-electron chi connectivity index (χ3n) is 2.17. The summed E-state index contributed by atoms with van der Waals surface area (Å²) in [4.78, 5) is 22.0. The van der Waals surface area contributed by atoms with E-state index in [-0.39, 0.29) is 5.69 Å². The van der Waals surface area contributed by atoms with Crippen molar-refractivity contribution in [1.29, 1.82) is 0 Å². The number of aromatic nitrogens is 1. The summed E-state index contributed by atoms with van der Waals surface area (Å²) in [5.74, 6) is -2.05. The molecule has 0 aliphatic rings. The summed E-state index contributed by atoms with van der Waals surface area (Å²) >= 11 is 0. The van der Waals surface area contributed by atoms with Crippen LogP contribution < -0.4 is 5.32 Å². The molecule has 2 atom stereocenters. The minimum Gasteiger partial charge on any atom is -0.481 e. The molecule has 6 nitrogen and oxygen atoms in total. The van der Waals surface area contributed by atoms with Crippen LogP contribution in [-0.4, -0.2) is 28.2 Å². The van der Waals surface area contributed by atoms with Gasteiger partial charge in [-0.3, -0.25) is 9.59 Å². The van der Waals surface area contributed by atoms with Crippen molar-refractivity contribution < 1.29 is 19.2 Å². The van der Waals surface area contributed by atoms with Crippen LogP contribution in [-0.2, 0) is 4.79 Å². The summed E-state index contributed by atoms with van der Waals surface area (Å²) < 4.78 is 4.50. The van der Waals surface area contributed by atoms with Crippen LogP contribution in [0.15, 0.2) is 16.9 Å². The third kappa shape index (κ3) is 2.80. The van der Waals surface area contributed by atoms with Gasteiger partial charge >= 0.3 is 5.97 Å². The molecule has 2 unspecified atom stereocenters. The van der Waals surface area contributed by atoms with E-state index in [4.69, 9.17) is 5.11 Å². The third-order valence-corrected chi connectivity index (χ3v) is 2.17. The number of rotatable bonds is 4. The summed E-state index contributed by atoms with van der Waals surface area (Å²) in [7, 11) is 0. The summed E-state index contributed by atoms with van der Waals surface area (Å²) in [6.45, 7) is 3.15. The first-order valence-electron chi connectivity index (χ1n) is 4.46. The normalized spacial score (nSPS) is 14.3. The first-order chi connectivity index (χ1) is 7.02. The topological polar surface area (TPSA) is 92.4 Å². The predicted molar refractivity (Wildman–Crippen MR) is 50.2 cm³/mol. The number of amides is 1. The Bertz CT molecular complexity index is 347. The lowest BCUT2D eigenvalue weighted by Gasteiger charge is -2.16. The van der Waals surface area contributed by atoms with E-state index in [1.807, 2.05) is 0 Å². The molecule has 1 aromatic heterocycles. The molecular weight excluding hydrogens is 200 g/mol. The quantitative estimate of drug-likeness (QED) is 0.758. The van der Waals surface area contributed by atoms with E-state index in [0.717, 1.165) is 0 Å². The maximum atomic E-state index is 11.4. The van der Waals surface area contributed by atoms with Crippen molar-refractivity contribution in [2.24, 2.45) is 5.92 Å². The lowest BCUT2D eigenvalue weighted by Crippen LogP contribution is -2.40. The van der Waals surface area contributed by atoms with Gasteiger partial charge in [0.2, 0.25) is 0 Å². The van der Waals surface area contributed by atoms with Crippen LogP contribution in [0.4, 0.5) is 0 Å². The second kappa shape index (κ2) is 4.59. The van der Waals surface area contributed by atoms with E-state index in [1.165, 1.54) is 19.3 Å². The van der Waals surface area contributed by atoms with Crippen molar-refractivity contribution in [3.63, 3.8) is 0 Å². The van der Waals surface area contributed by atoms with Gasteiger partial charge in [0.15, 0.2) is 5.69 Å². The van der Waals surface area contributed by atoms with Crippen molar-refractivity contribution in [3.05, 3.63) is 18.0 Å². The highest BCUT2D eigenvalue weighted by Crippen LogP contribution is 2.04. The van der Waals surface area contributed by atoms with Crippen LogP contribution >= 0.6 is 0 Å². The maximum absolute atomic E-state index is 11.4. The number of nitrogens with zero attached hydrogens (tertiary/aromatic N) is 1. The molecule has 0 spiro atoms. The van der Waals surface area contributed by atoms with E-state index in [1.54, 1.807) is 6.92 Å². The molecule has 1 heterocycles. The van der Waals surface area contributed by atoms with Gasteiger partial charge in [-0.05, 0) is 13.8 Å². The number of carbonyl (C=O) groups is 2. The molecule has 0 aromatic carbocycles. The molecule has 1 rings (SSSR count). The second-order valence-corrected chi connectivity index (χ2v) is 3.27. The first kappa shape index (κ1) is 11.2. The average molecular weight is 212 g/mol. The molecular formula is C9H12N2O4. The van der Waals surface area contributed by atoms with Gasteiger partial charge in [0, 0.05) is 12.1 Å². The fraction of sp³-hybridized carbons (Fsp3) is 0.444. The zero-order chi connectivity index (χ0) is 11.4. The highest BCUT2D eigenvalue weighted by molar-refractivity contribution is 5.92. The number of carboxylic acids is 1. The fourth-order valence-electron chi connectivity index (χ4n) is 0.949. The first-order valence-corrected chi connectivity index (χ1v) is 4.46. The second-order valence-electron chi connectivity index (χ2n) is 3.27. The number of carbonyl (C=O) groups excluding carboxylic acids is 1. The number of hydrogen-bond acceptors (Lipinski definition) is 4. The Morgan fingerprint density at radius 1 is 1.53 bits per heavy atom. The molecule has 1 aromatic rings. The zero-order valence-corrected chi connectivity index (χ0v) is 8.43. The van der Waals surface area contributed by atoms with Crippen molar-refractivity contribution >= 4 is 11.9 Å². The van der Waals surface area contributed by atoms with Crippen LogP contribution in [0, 0.1) is 5.92 Å². The van der Waals surface area contributed by atoms with Gasteiger partial charge in [0.05, 0.1) is 5.92 Å². The van der Waals surface area contributed by atoms with Gasteiger partial charge < -0.3 is 14.9 Å². The van der Waals surface area contributed by atoms with Crippen molar-refractivity contribution in [1.82, 2.24) is 10.5 Å². The molecule has 0 radical (unpaired) electrons. The minimum atomic E-state index is -0.956. The summed E-state index contributed by atoms with van der Waals surface area (Å²) in [6.07, 6.45) is 1.28. The Balaban J connectivity index is 2.56. The fourth-order valence-corrected chi connectivity index (χ4v) is 0.949. The lowest BCUT2D eigenvalue weighted by molar-refractivity contribution is -0.141. The smallest absolute Gasteiger partial charge is 0.308 e. The Kier molecular flexibility index (Phi) is 3.43. The Hall–Kier alpha value is -1.85. The molecule has 2 N–H and O–H groups in total. The Labute approximate surface area is 86.3 Å². The monoisotopic (exact) mass is 212 g/mol. The van der Waals surface area contributed by atoms with E-state index in [9.17, 15) is 9.59 Å². The molecule has 82 valence electrons. The van der Waals surface area contributed by atoms with Crippen molar-refractivity contribution in [3.8, 4) is 0 Å². The summed E-state index contributed by atoms with van der Waals surface area (Å²) in [5, 5.41) is 14.7. The zero-order valence-electron chi connectivity index (χ0n) is 8.43. The van der Waals surface area contributed by atoms with E-state index in [0.29, 0.717) is 0 Å². The van der Waals surface area contributed by atoms with Crippen LogP contribution in [0.1, 0.15) is 24.3 Å². The van der Waals surface area contributed by atoms with Crippen molar-refractivity contribution in [2.45, 2.75) is 19.9 Å². The number of hydrogen-bond donors (Lipinski definition) is 2. The molecule has 0 fully saturated rings. The minimum absolute atomic E-state index is 0.138. The highest BCUT2D eigenvalue weighted by atomic mass is 16.5. The van der Waals surface area contributed by atoms with Crippen LogP contribution in [0.3, 0.4) is 0 Å². The number of nitrogens with one attached hydrogen (secondary N) is 1. The highest BCUT2D eigenvalue weighted by Gasteiger charge is 2.22. The van der Waals surface area contributed by atoms with Gasteiger partial charge in [-0.15, -0.1) is 0 Å². The van der Waals surface area contributed by atoms with Gasteiger partial charge in [0.25, 0.3) is 5.91 Å². The molecule has 0 saturated carbocycles. The van der Waals surface area contributed by atoms with Crippen molar-refractivity contribution in [2.75, 3.05) is 0 Å². The SMILES string of the molecule is CC(NC(=O)c1ccon1)C(C)C(=O)O. The van der Waals surface area contributed by atoms with Crippen LogP contribution in [0.25, 0.3) is 0 Å². The van der Waals surface area contributed by atoms with Gasteiger partial charge in [-0.25, -0.2) is 0 Å². The molecule has 0 aliphatic heterocycles. The molecule has 0 saturated heterocycles. The molecule has 0 aliphatic carbocycles. The van der Waals surface area contributed by atoms with Gasteiger partial charge in [-0.2, -0.15) is 0 Å². The van der Waals surface area contributed by atoms with E-state index in [2.05, 4.69) is 15.0 Å². The standard InChI is InChI=1S/C9H12N2O4/c1-5(9(13)14)6(2)10-8(12)7-3-4-15-11-7/h3-6H,1-2H3,(H,10,12)(H,13,14). The van der Waals surface area contributed by atoms with Gasteiger partial charge in [0.1, 0.15) is 6.26 Å². The lowest BCUT2D eigenvalue weighted by atomic mass is 10.0. The summed E-state index contributed by atoms with van der Waals surface area (Å²) in [5.41, 5.74) is 0.138. The predicted octanol–water partition coefficient (Wildman–Crippen LogP) is 0.514. The van der Waals surface area contributed by atoms with E-state index >= 15 is 0 Å². The molecule has 6 heteroatoms. The largest absolute Gasteiger partial charge is 0.481 e. The Morgan fingerprint density at radius 2 is 2.20 bits per heavy atom. The van der Waals surface area contributed by atoms with Crippen LogP contribution in [0.2, 0.25) is 0 Å². The van der Waals surface area contributed by atoms with Crippen LogP contribution in [0.5, 0.6) is 0 Å². The molecule has 15 heavy (non-hydrogen) atoms. The maximum Gasteiger partial charge on any atom is 0.308 e. The summed E-state index contributed by atoms with van der Waals surface area (Å²) in [6, 6.07) is 0.944. The Morgan fingerprint density at radius 3 is 2.67 bits per heavy atom. The van der Waals surface area contributed by atoms with Gasteiger partial charge in [-0.1, -0.05) is 5.16 Å². The van der Waals surface area contributed by atoms with E-state index < -0.39 is 23.8 Å². The molecule has 0 bridgehead atoms. The molecule has 1 amide bonds. The average Bonchev–Trinajstić information content (AvgIpc) is 2.68. The number of aliphatic carboxylic acids is 1.